The lowest BCUT2D eigenvalue weighted by Crippen LogP contribution is -2.99. The summed E-state index contributed by atoms with van der Waals surface area (Å²) in [6.45, 7) is 1.85. The molecule has 23 heavy (non-hydrogen) atoms. The molecule has 0 aliphatic rings. The van der Waals surface area contributed by atoms with Gasteiger partial charge in [-0.25, -0.2) is 18.3 Å². The van der Waals surface area contributed by atoms with E-state index < -0.39 is 15.2 Å². The van der Waals surface area contributed by atoms with E-state index in [4.69, 9.17) is 5.21 Å². The number of fused-ring (bicyclic) bond motifs is 1. The van der Waals surface area contributed by atoms with Crippen molar-refractivity contribution in [3.63, 3.8) is 0 Å². The largest absolute Gasteiger partial charge is 0.595 e. The quantitative estimate of drug-likeness (QED) is 0.598. The van der Waals surface area contributed by atoms with E-state index in [1.54, 1.807) is 12.1 Å². The first-order valence-corrected chi connectivity index (χ1v) is 7.95. The molecule has 0 bridgehead atoms. The first-order valence-electron chi connectivity index (χ1n) is 6.46. The molecular weight excluding hydrogens is 324 g/mol. The highest BCUT2D eigenvalue weighted by molar-refractivity contribution is 7.92. The van der Waals surface area contributed by atoms with Crippen molar-refractivity contribution in [3.8, 4) is 0 Å². The summed E-state index contributed by atoms with van der Waals surface area (Å²) in [4.78, 5) is 0.0787. The van der Waals surface area contributed by atoms with Crippen LogP contribution in [-0.2, 0) is 10.0 Å². The smallest absolute Gasteiger partial charge is 0.261 e. The average molecular weight is 336 g/mol. The molecule has 1 heterocycles. The fourth-order valence-corrected chi connectivity index (χ4v) is 3.11. The Balaban J connectivity index is 2.03. The van der Waals surface area contributed by atoms with Crippen LogP contribution in [0.2, 0.25) is 0 Å². The second kappa shape index (κ2) is 5.59. The van der Waals surface area contributed by atoms with Crippen molar-refractivity contribution in [2.75, 3.05) is 4.72 Å². The molecule has 10 heteroatoms. The summed E-state index contributed by atoms with van der Waals surface area (Å²) in [7, 11) is -3.84. The predicted octanol–water partition coefficient (Wildman–Crippen LogP) is 0.735. The van der Waals surface area contributed by atoms with Gasteiger partial charge in [0.25, 0.3) is 10.0 Å². The summed E-state index contributed by atoms with van der Waals surface area (Å²) < 4.78 is 31.7. The fraction of sp³-hybridized carbons (Fsp3) is 0.0769. The number of rotatable bonds is 4. The number of quaternary nitrogens is 1. The van der Waals surface area contributed by atoms with Crippen LogP contribution in [0.3, 0.4) is 0 Å². The number of aryl methyl sites for hydroxylation is 1. The Morgan fingerprint density at radius 1 is 1.13 bits per heavy atom. The molecule has 9 nitrogen and oxygen atoms in total. The molecular formula is C13H12N4O5S. The maximum absolute atomic E-state index is 12.4. The Morgan fingerprint density at radius 3 is 2.43 bits per heavy atom. The SMILES string of the molecule is Cc1ccc(S(=O)(=O)Nc2ccc([NH+]([O-])O)c3nonc23)cc1. The molecule has 0 aliphatic heterocycles. The molecule has 0 spiro atoms. The molecule has 3 aromatic rings. The van der Waals surface area contributed by atoms with E-state index >= 15 is 0 Å². The van der Waals surface area contributed by atoms with Gasteiger partial charge in [0.1, 0.15) is 0 Å². The van der Waals surface area contributed by atoms with Gasteiger partial charge in [-0.15, -0.1) is 0 Å². The minimum Gasteiger partial charge on any atom is -0.595 e. The van der Waals surface area contributed by atoms with E-state index in [0.717, 1.165) is 5.56 Å². The summed E-state index contributed by atoms with van der Waals surface area (Å²) in [6.07, 6.45) is 0. The average Bonchev–Trinajstić information content (AvgIpc) is 2.97. The predicted molar refractivity (Wildman–Crippen MR) is 79.6 cm³/mol. The summed E-state index contributed by atoms with van der Waals surface area (Å²) in [6, 6.07) is 8.84. The molecule has 120 valence electrons. The highest BCUT2D eigenvalue weighted by Gasteiger charge is 2.21. The Hall–Kier alpha value is -2.53. The van der Waals surface area contributed by atoms with E-state index in [1.807, 2.05) is 6.92 Å². The third kappa shape index (κ3) is 2.87. The van der Waals surface area contributed by atoms with Crippen LogP contribution >= 0.6 is 0 Å². The van der Waals surface area contributed by atoms with Crippen molar-refractivity contribution in [2.45, 2.75) is 11.8 Å². The topological polar surface area (TPSA) is 133 Å². The molecule has 2 aromatic carbocycles. The van der Waals surface area contributed by atoms with E-state index in [9.17, 15) is 13.6 Å². The van der Waals surface area contributed by atoms with Crippen LogP contribution in [0, 0.1) is 12.1 Å². The van der Waals surface area contributed by atoms with Crippen LogP contribution in [-0.4, -0.2) is 23.9 Å². The fourth-order valence-electron chi connectivity index (χ4n) is 2.04. The Labute approximate surface area is 130 Å². The highest BCUT2D eigenvalue weighted by atomic mass is 32.2. The molecule has 1 unspecified atom stereocenters. The Bertz CT molecular complexity index is 950. The van der Waals surface area contributed by atoms with Crippen molar-refractivity contribution < 1.29 is 23.5 Å². The summed E-state index contributed by atoms with van der Waals surface area (Å²) in [5.74, 6) is 0. The van der Waals surface area contributed by atoms with Crippen LogP contribution in [0.1, 0.15) is 5.56 Å². The second-order valence-electron chi connectivity index (χ2n) is 4.85. The van der Waals surface area contributed by atoms with Crippen LogP contribution in [0.4, 0.5) is 11.4 Å². The summed E-state index contributed by atoms with van der Waals surface area (Å²) in [5.41, 5.74) is 0.895. The maximum Gasteiger partial charge on any atom is 0.261 e. The molecule has 3 rings (SSSR count). The monoisotopic (exact) mass is 336 g/mol. The minimum atomic E-state index is -3.84. The van der Waals surface area contributed by atoms with E-state index in [0.29, 0.717) is 0 Å². The zero-order valence-electron chi connectivity index (χ0n) is 11.8. The molecule has 1 aromatic heterocycles. The summed E-state index contributed by atoms with van der Waals surface area (Å²) >= 11 is 0. The number of anilines is 1. The number of hydrogen-bond acceptors (Lipinski definition) is 7. The first-order chi connectivity index (χ1) is 10.9. The normalized spacial score (nSPS) is 13.2. The van der Waals surface area contributed by atoms with Crippen LogP contribution in [0.5, 0.6) is 0 Å². The van der Waals surface area contributed by atoms with E-state index in [1.165, 1.54) is 24.3 Å². The van der Waals surface area contributed by atoms with Crippen molar-refractivity contribution in [1.82, 2.24) is 10.3 Å². The van der Waals surface area contributed by atoms with Crippen LogP contribution in [0.25, 0.3) is 11.0 Å². The van der Waals surface area contributed by atoms with Gasteiger partial charge >= 0.3 is 0 Å². The van der Waals surface area contributed by atoms with Crippen molar-refractivity contribution in [2.24, 2.45) is 0 Å². The Morgan fingerprint density at radius 2 is 1.78 bits per heavy atom. The lowest BCUT2D eigenvalue weighted by Gasteiger charge is -2.13. The number of sulfonamides is 1. The van der Waals surface area contributed by atoms with Crippen molar-refractivity contribution in [1.29, 1.82) is 0 Å². The lowest BCUT2D eigenvalue weighted by atomic mass is 10.2. The van der Waals surface area contributed by atoms with Crippen LogP contribution < -0.4 is 9.95 Å². The third-order valence-corrected chi connectivity index (χ3v) is 4.60. The lowest BCUT2D eigenvalue weighted by molar-refractivity contribution is -0.990. The van der Waals surface area contributed by atoms with Crippen LogP contribution in [0.15, 0.2) is 45.9 Å². The molecule has 0 radical (unpaired) electrons. The van der Waals surface area contributed by atoms with Gasteiger partial charge in [-0.3, -0.25) is 4.72 Å². The van der Waals surface area contributed by atoms with Gasteiger partial charge in [-0.2, -0.15) is 5.23 Å². The van der Waals surface area contributed by atoms with Gasteiger partial charge in [0.2, 0.25) is 5.52 Å². The molecule has 0 aliphatic carbocycles. The molecule has 0 saturated carbocycles. The molecule has 0 saturated heterocycles. The Kier molecular flexibility index (Phi) is 3.74. The zero-order valence-corrected chi connectivity index (χ0v) is 12.7. The third-order valence-electron chi connectivity index (χ3n) is 3.22. The highest BCUT2D eigenvalue weighted by Crippen LogP contribution is 2.27. The van der Waals surface area contributed by atoms with Gasteiger partial charge in [-0.05, 0) is 35.4 Å². The van der Waals surface area contributed by atoms with E-state index in [2.05, 4.69) is 19.7 Å². The number of aromatic nitrogens is 2. The number of nitrogens with zero attached hydrogens (tertiary/aromatic N) is 2. The van der Waals surface area contributed by atoms with Gasteiger partial charge in [-0.1, -0.05) is 17.7 Å². The molecule has 1 atom stereocenters. The number of benzene rings is 2. The summed E-state index contributed by atoms with van der Waals surface area (Å²) in [5, 5.41) is 26.1. The first kappa shape index (κ1) is 15.4. The minimum absolute atomic E-state index is 0.0263. The van der Waals surface area contributed by atoms with Crippen molar-refractivity contribution >= 4 is 32.4 Å². The van der Waals surface area contributed by atoms with E-state index in [-0.39, 0.29) is 27.3 Å². The zero-order chi connectivity index (χ0) is 16.6. The maximum atomic E-state index is 12.4. The van der Waals surface area contributed by atoms with Gasteiger partial charge in [0.05, 0.1) is 10.6 Å². The van der Waals surface area contributed by atoms with Gasteiger partial charge < -0.3 is 5.21 Å². The number of hydrogen-bond donors (Lipinski definition) is 3. The van der Waals surface area contributed by atoms with Gasteiger partial charge in [0, 0.05) is 6.07 Å². The van der Waals surface area contributed by atoms with Crippen molar-refractivity contribution in [3.05, 3.63) is 47.2 Å². The standard InChI is InChI=1S/C13H12N4O5S/c1-8-2-4-9(5-3-8)23(20,21)16-10-6-7-11(17(18)19)13-12(10)14-22-15-13/h2-7,16-18H,1H3. The molecule has 3 N–H and O–H groups in total. The molecule has 0 fully saturated rings. The van der Waals surface area contributed by atoms with Gasteiger partial charge in [0.15, 0.2) is 11.2 Å². The number of nitrogens with one attached hydrogen (secondary N) is 2. The second-order valence-corrected chi connectivity index (χ2v) is 6.53. The molecule has 0 amide bonds.